The fraction of sp³-hybridized carbons (Fsp3) is 0.250. The minimum absolute atomic E-state index is 0.177. The molecule has 25 heavy (non-hydrogen) atoms. The van der Waals surface area contributed by atoms with Gasteiger partial charge in [-0.1, -0.05) is 42.5 Å². The third-order valence-electron chi connectivity index (χ3n) is 4.11. The average molecular weight is 353 g/mol. The molecule has 5 heteroatoms. The van der Waals surface area contributed by atoms with Gasteiger partial charge in [0, 0.05) is 6.42 Å². The first kappa shape index (κ1) is 17.3. The Balaban J connectivity index is 1.95. The van der Waals surface area contributed by atoms with Crippen LogP contribution >= 0.6 is 11.3 Å². The van der Waals surface area contributed by atoms with E-state index in [1.807, 2.05) is 61.5 Å². The third kappa shape index (κ3) is 3.77. The Labute approximate surface area is 150 Å². The summed E-state index contributed by atoms with van der Waals surface area (Å²) in [6, 6.07) is 17.4. The molecule has 0 saturated carbocycles. The molecule has 2 aromatic carbocycles. The summed E-state index contributed by atoms with van der Waals surface area (Å²) in [5.41, 5.74) is 0.878. The van der Waals surface area contributed by atoms with Gasteiger partial charge in [-0.3, -0.25) is 9.59 Å². The minimum atomic E-state index is -0.898. The van der Waals surface area contributed by atoms with Crippen molar-refractivity contribution < 1.29 is 14.3 Å². The summed E-state index contributed by atoms with van der Waals surface area (Å²) in [7, 11) is 0. The van der Waals surface area contributed by atoms with Gasteiger partial charge in [-0.15, -0.1) is 11.3 Å². The summed E-state index contributed by atoms with van der Waals surface area (Å²) in [5, 5.41) is 0.868. The zero-order chi connectivity index (χ0) is 17.9. The maximum atomic E-state index is 12.8. The van der Waals surface area contributed by atoms with Crippen molar-refractivity contribution in [3.05, 3.63) is 65.2 Å². The molecule has 0 bridgehead atoms. The fourth-order valence-electron chi connectivity index (χ4n) is 2.72. The van der Waals surface area contributed by atoms with Gasteiger partial charge in [0.2, 0.25) is 0 Å². The summed E-state index contributed by atoms with van der Waals surface area (Å²) in [6.45, 7) is 3.04. The van der Waals surface area contributed by atoms with Crippen LogP contribution in [-0.4, -0.2) is 23.3 Å². The lowest BCUT2D eigenvalue weighted by Gasteiger charge is -2.27. The molecule has 1 heterocycles. The summed E-state index contributed by atoms with van der Waals surface area (Å²) in [5.74, 6) is -0.586. The maximum absolute atomic E-state index is 12.8. The molecule has 0 aliphatic heterocycles. The Morgan fingerprint density at radius 2 is 1.76 bits per heavy atom. The number of carbonyl (C=O) groups is 2. The Morgan fingerprint density at radius 1 is 1.08 bits per heavy atom. The van der Waals surface area contributed by atoms with Crippen LogP contribution in [0.1, 0.15) is 24.4 Å². The molecule has 0 saturated heterocycles. The highest BCUT2D eigenvalue weighted by Crippen LogP contribution is 2.33. The Hall–Kier alpha value is -2.53. The van der Waals surface area contributed by atoms with Crippen LogP contribution in [0.5, 0.6) is 0 Å². The van der Waals surface area contributed by atoms with Gasteiger partial charge in [-0.2, -0.15) is 0 Å². The monoisotopic (exact) mass is 353 g/mol. The standard InChI is InChI=1S/C20H19NO3S/c1-14(22)13-24-19(23)20(2,15-8-4-3-5-9-15)12-18-21-16-10-6-7-11-17(16)25-18/h3-11H,12-13H2,1-2H3/t20-/m0/s1. The van der Waals surface area contributed by atoms with E-state index in [9.17, 15) is 9.59 Å². The second kappa shape index (κ2) is 7.15. The molecule has 0 N–H and O–H groups in total. The Kier molecular flexibility index (Phi) is 4.95. The molecule has 3 rings (SSSR count). The van der Waals surface area contributed by atoms with Crippen molar-refractivity contribution in [3.8, 4) is 0 Å². The van der Waals surface area contributed by atoms with Crippen molar-refractivity contribution in [1.82, 2.24) is 4.98 Å². The van der Waals surface area contributed by atoms with Gasteiger partial charge in [0.25, 0.3) is 0 Å². The molecule has 0 radical (unpaired) electrons. The predicted octanol–water partition coefficient (Wildman–Crippen LogP) is 3.93. The molecule has 4 nitrogen and oxygen atoms in total. The van der Waals surface area contributed by atoms with Gasteiger partial charge in [-0.05, 0) is 31.5 Å². The largest absolute Gasteiger partial charge is 0.457 e. The van der Waals surface area contributed by atoms with Crippen molar-refractivity contribution in [1.29, 1.82) is 0 Å². The second-order valence-electron chi connectivity index (χ2n) is 6.23. The van der Waals surface area contributed by atoms with Crippen LogP contribution in [0.2, 0.25) is 0 Å². The molecular weight excluding hydrogens is 334 g/mol. The molecule has 0 aliphatic rings. The van der Waals surface area contributed by atoms with Crippen LogP contribution in [0.25, 0.3) is 10.2 Å². The lowest BCUT2D eigenvalue weighted by Crippen LogP contribution is -2.37. The Morgan fingerprint density at radius 3 is 2.44 bits per heavy atom. The molecular formula is C20H19NO3S. The van der Waals surface area contributed by atoms with Gasteiger partial charge in [-0.25, -0.2) is 4.98 Å². The van der Waals surface area contributed by atoms with Crippen LogP contribution in [0, 0.1) is 0 Å². The van der Waals surface area contributed by atoms with Crippen molar-refractivity contribution in [2.45, 2.75) is 25.7 Å². The molecule has 0 spiro atoms. The van der Waals surface area contributed by atoms with Crippen LogP contribution in [0.4, 0.5) is 0 Å². The van der Waals surface area contributed by atoms with E-state index in [0.717, 1.165) is 20.8 Å². The summed E-state index contributed by atoms with van der Waals surface area (Å²) in [6.07, 6.45) is 0.424. The summed E-state index contributed by atoms with van der Waals surface area (Å²) < 4.78 is 6.35. The molecule has 1 aromatic heterocycles. The fourth-order valence-corrected chi connectivity index (χ4v) is 3.85. The zero-order valence-corrected chi connectivity index (χ0v) is 15.0. The number of nitrogens with zero attached hydrogens (tertiary/aromatic N) is 1. The quantitative estimate of drug-likeness (QED) is 0.630. The molecule has 0 unspecified atom stereocenters. The zero-order valence-electron chi connectivity index (χ0n) is 14.2. The first-order valence-corrected chi connectivity index (χ1v) is 8.87. The number of benzene rings is 2. The van der Waals surface area contributed by atoms with Crippen LogP contribution < -0.4 is 0 Å². The Bertz CT molecular complexity index is 870. The van der Waals surface area contributed by atoms with E-state index in [4.69, 9.17) is 4.74 Å². The smallest absolute Gasteiger partial charge is 0.317 e. The van der Waals surface area contributed by atoms with E-state index in [1.54, 1.807) is 11.3 Å². The maximum Gasteiger partial charge on any atom is 0.317 e. The van der Waals surface area contributed by atoms with E-state index in [0.29, 0.717) is 6.42 Å². The number of carbonyl (C=O) groups excluding carboxylic acids is 2. The van der Waals surface area contributed by atoms with Gasteiger partial charge < -0.3 is 4.74 Å². The van der Waals surface area contributed by atoms with Crippen LogP contribution in [0.3, 0.4) is 0 Å². The lowest BCUT2D eigenvalue weighted by molar-refractivity contribution is -0.153. The summed E-state index contributed by atoms with van der Waals surface area (Å²) >= 11 is 1.57. The number of thiazole rings is 1. The molecule has 0 amide bonds. The predicted molar refractivity (Wildman–Crippen MR) is 98.8 cm³/mol. The van der Waals surface area contributed by atoms with Crippen molar-refractivity contribution in [2.75, 3.05) is 6.61 Å². The van der Waals surface area contributed by atoms with Crippen molar-refractivity contribution in [2.24, 2.45) is 0 Å². The highest BCUT2D eigenvalue weighted by Gasteiger charge is 2.38. The number of fused-ring (bicyclic) bond motifs is 1. The van der Waals surface area contributed by atoms with Crippen molar-refractivity contribution in [3.63, 3.8) is 0 Å². The number of hydrogen-bond acceptors (Lipinski definition) is 5. The average Bonchev–Trinajstić information content (AvgIpc) is 3.02. The molecule has 3 aromatic rings. The summed E-state index contributed by atoms with van der Waals surface area (Å²) in [4.78, 5) is 28.6. The SMILES string of the molecule is CC(=O)COC(=O)[C@@](C)(Cc1nc2ccccc2s1)c1ccccc1. The number of ketones is 1. The van der Waals surface area contributed by atoms with E-state index in [-0.39, 0.29) is 12.4 Å². The number of ether oxygens (including phenoxy) is 1. The van der Waals surface area contributed by atoms with Gasteiger partial charge in [0.05, 0.1) is 20.6 Å². The van der Waals surface area contributed by atoms with E-state index >= 15 is 0 Å². The van der Waals surface area contributed by atoms with Crippen LogP contribution in [0.15, 0.2) is 54.6 Å². The number of aromatic nitrogens is 1. The number of Topliss-reactive ketones (excluding diaryl/α,β-unsaturated/α-hetero) is 1. The van der Waals surface area contributed by atoms with E-state index < -0.39 is 11.4 Å². The normalized spacial score (nSPS) is 13.4. The number of para-hydroxylation sites is 1. The molecule has 1 atom stereocenters. The first-order valence-electron chi connectivity index (χ1n) is 8.06. The van der Waals surface area contributed by atoms with Gasteiger partial charge >= 0.3 is 5.97 Å². The van der Waals surface area contributed by atoms with Crippen molar-refractivity contribution >= 4 is 33.3 Å². The first-order chi connectivity index (χ1) is 12.0. The molecule has 128 valence electrons. The number of hydrogen-bond donors (Lipinski definition) is 0. The molecule has 0 aliphatic carbocycles. The topological polar surface area (TPSA) is 56.3 Å². The van der Waals surface area contributed by atoms with E-state index in [1.165, 1.54) is 6.92 Å². The highest BCUT2D eigenvalue weighted by molar-refractivity contribution is 7.18. The highest BCUT2D eigenvalue weighted by atomic mass is 32.1. The second-order valence-corrected chi connectivity index (χ2v) is 7.34. The third-order valence-corrected chi connectivity index (χ3v) is 5.15. The van der Waals surface area contributed by atoms with Gasteiger partial charge in [0.1, 0.15) is 6.61 Å². The van der Waals surface area contributed by atoms with E-state index in [2.05, 4.69) is 4.98 Å². The van der Waals surface area contributed by atoms with Crippen LogP contribution in [-0.2, 0) is 26.2 Å². The minimum Gasteiger partial charge on any atom is -0.457 e. The number of esters is 1. The van der Waals surface area contributed by atoms with Gasteiger partial charge in [0.15, 0.2) is 5.78 Å². The molecule has 0 fully saturated rings. The lowest BCUT2D eigenvalue weighted by atomic mass is 9.79. The number of rotatable bonds is 6.